The molecule has 0 aliphatic carbocycles. The second-order valence-electron chi connectivity index (χ2n) is 9.16. The van der Waals surface area contributed by atoms with Gasteiger partial charge in [0, 0.05) is 22.9 Å². The lowest BCUT2D eigenvalue weighted by Crippen LogP contribution is -2.44. The van der Waals surface area contributed by atoms with E-state index < -0.39 is 62.7 Å². The SMILES string of the molecule is CCC(=O)O[C@H]1[C@H](n2ccc(N)nc2=O)O[C@@](COc2ccc3ccccc3c2O/[P+]([O-])=N/[C@@H](C)C(=O)O)(N=[N+]=[N-])[C@H]1F. The molecule has 6 atom stereocenters. The zero-order valence-electron chi connectivity index (χ0n) is 22.6. The van der Waals surface area contributed by atoms with Gasteiger partial charge in [-0.25, -0.2) is 14.0 Å². The maximum Gasteiger partial charge on any atom is 0.395 e. The average molecular weight is 617 g/mol. The molecule has 18 heteroatoms. The Hall–Kier alpha value is -4.82. The van der Waals surface area contributed by atoms with Crippen LogP contribution in [0.1, 0.15) is 26.5 Å². The summed E-state index contributed by atoms with van der Waals surface area (Å²) in [6.07, 6.45) is -4.77. The normalized spacial score (nSPS) is 22.4. The van der Waals surface area contributed by atoms with E-state index in [-0.39, 0.29) is 23.7 Å². The Balaban J connectivity index is 1.74. The number of fused-ring (bicyclic) bond motifs is 1. The van der Waals surface area contributed by atoms with Crippen LogP contribution in [0.15, 0.2) is 63.3 Å². The van der Waals surface area contributed by atoms with Gasteiger partial charge >= 0.3 is 25.8 Å². The van der Waals surface area contributed by atoms with E-state index in [9.17, 15) is 24.8 Å². The molecule has 1 unspecified atom stereocenters. The number of rotatable bonds is 11. The molecule has 2 heterocycles. The molecule has 16 nitrogen and oxygen atoms in total. The molecular weight excluding hydrogens is 592 g/mol. The molecule has 226 valence electrons. The molecule has 0 spiro atoms. The fraction of sp³-hybridized carbons (Fsp3) is 0.360. The van der Waals surface area contributed by atoms with Gasteiger partial charge in [-0.1, -0.05) is 47.1 Å². The molecule has 2 aromatic carbocycles. The highest BCUT2D eigenvalue weighted by Crippen LogP contribution is 2.44. The summed E-state index contributed by atoms with van der Waals surface area (Å²) in [4.78, 5) is 54.8. The summed E-state index contributed by atoms with van der Waals surface area (Å²) in [6, 6.07) is 9.59. The van der Waals surface area contributed by atoms with E-state index in [0.717, 1.165) is 10.8 Å². The van der Waals surface area contributed by atoms with Crippen LogP contribution in [0.4, 0.5) is 10.2 Å². The van der Waals surface area contributed by atoms with E-state index in [4.69, 9.17) is 29.6 Å². The minimum atomic E-state index is -2.92. The number of nitrogens with zero attached hydrogens (tertiary/aromatic N) is 6. The third-order valence-electron chi connectivity index (χ3n) is 6.29. The Kier molecular flexibility index (Phi) is 9.41. The van der Waals surface area contributed by atoms with E-state index >= 15 is 4.39 Å². The van der Waals surface area contributed by atoms with Crippen molar-refractivity contribution in [1.29, 1.82) is 0 Å². The van der Waals surface area contributed by atoms with Gasteiger partial charge in [0.25, 0.3) is 0 Å². The average Bonchev–Trinajstić information content (AvgIpc) is 3.23. The van der Waals surface area contributed by atoms with Crippen molar-refractivity contribution in [2.24, 2.45) is 9.86 Å². The summed E-state index contributed by atoms with van der Waals surface area (Å²) in [7, 11) is -2.92. The number of alkyl halides is 1. The van der Waals surface area contributed by atoms with Crippen LogP contribution in [0.2, 0.25) is 0 Å². The molecule has 4 rings (SSSR count). The summed E-state index contributed by atoms with van der Waals surface area (Å²) < 4.78 is 42.9. The molecule has 43 heavy (non-hydrogen) atoms. The van der Waals surface area contributed by atoms with Crippen LogP contribution < -0.4 is 25.6 Å². The predicted octanol–water partition coefficient (Wildman–Crippen LogP) is 2.96. The molecule has 0 saturated carbocycles. The van der Waals surface area contributed by atoms with Crippen LogP contribution in [0, 0.1) is 0 Å². The van der Waals surface area contributed by atoms with E-state index in [2.05, 4.69) is 19.8 Å². The number of anilines is 1. The van der Waals surface area contributed by atoms with Crippen LogP contribution >= 0.6 is 8.17 Å². The van der Waals surface area contributed by atoms with Crippen LogP contribution in [0.5, 0.6) is 11.5 Å². The number of aromatic nitrogens is 2. The Morgan fingerprint density at radius 2 is 2.09 bits per heavy atom. The molecule has 1 saturated heterocycles. The first-order valence-electron chi connectivity index (χ1n) is 12.6. The van der Waals surface area contributed by atoms with Crippen molar-refractivity contribution < 1.29 is 42.7 Å². The molecule has 1 aliphatic heterocycles. The number of esters is 1. The van der Waals surface area contributed by atoms with Gasteiger partial charge < -0.3 is 29.9 Å². The van der Waals surface area contributed by atoms with Crippen molar-refractivity contribution in [2.45, 2.75) is 50.5 Å². The number of hydrogen-bond acceptors (Lipinski definition) is 12. The molecule has 3 aromatic rings. The molecule has 1 aromatic heterocycles. The van der Waals surface area contributed by atoms with E-state index in [1.807, 2.05) is 0 Å². The Bertz CT molecular complexity index is 1680. The Labute approximate surface area is 243 Å². The van der Waals surface area contributed by atoms with Gasteiger partial charge in [0.2, 0.25) is 11.5 Å². The quantitative estimate of drug-likeness (QED) is 0.104. The summed E-state index contributed by atoms with van der Waals surface area (Å²) in [5.74, 6) is -2.54. The van der Waals surface area contributed by atoms with Crippen LogP contribution in [-0.4, -0.2) is 57.2 Å². The van der Waals surface area contributed by atoms with E-state index in [1.54, 1.807) is 30.3 Å². The monoisotopic (exact) mass is 617 g/mol. The third kappa shape index (κ3) is 6.65. The van der Waals surface area contributed by atoms with Gasteiger partial charge in [0.1, 0.15) is 12.4 Å². The highest BCUT2D eigenvalue weighted by atomic mass is 31.1. The lowest BCUT2D eigenvalue weighted by molar-refractivity contribution is -0.169. The number of aliphatic carboxylic acids is 1. The van der Waals surface area contributed by atoms with Gasteiger partial charge in [-0.15, -0.1) is 0 Å². The number of nitrogens with two attached hydrogens (primary N) is 1. The fourth-order valence-electron chi connectivity index (χ4n) is 4.13. The van der Waals surface area contributed by atoms with E-state index in [0.29, 0.717) is 10.8 Å². The second-order valence-corrected chi connectivity index (χ2v) is 10.0. The van der Waals surface area contributed by atoms with Crippen LogP contribution in [0.25, 0.3) is 21.2 Å². The topological polar surface area (TPSA) is 236 Å². The standard InChI is InChI=1S/C25H25FN7O9P/c1-3-18(34)40-20-21(26)25(31-32-28,41-22(20)33-11-10-17(27)29-24(33)37)12-39-16-9-8-14-6-4-5-7-15(14)19(16)42-43(38)30-13(2)23(35)36/h4-11,13,20-22H,3,12H2,1-2H3,(H,35,36)(H2,27,29,37)/t13-,20+,21-,22+,25+/m0/s1. The Morgan fingerprint density at radius 1 is 1.35 bits per heavy atom. The Morgan fingerprint density at radius 3 is 2.77 bits per heavy atom. The first kappa shape index (κ1) is 31.1. The van der Waals surface area contributed by atoms with Crippen molar-refractivity contribution in [3.63, 3.8) is 0 Å². The predicted molar refractivity (Wildman–Crippen MR) is 146 cm³/mol. The zero-order chi connectivity index (χ0) is 31.3. The fourth-order valence-corrected chi connectivity index (χ4v) is 4.90. The van der Waals surface area contributed by atoms with Gasteiger partial charge in [0.15, 0.2) is 30.3 Å². The number of carboxylic acid groups (broad SMARTS) is 1. The summed E-state index contributed by atoms with van der Waals surface area (Å²) in [6.45, 7) is 1.83. The van der Waals surface area contributed by atoms with Gasteiger partial charge in [-0.05, 0) is 30.0 Å². The van der Waals surface area contributed by atoms with Crippen LogP contribution in [-0.2, 0) is 19.1 Å². The molecule has 0 amide bonds. The highest BCUT2D eigenvalue weighted by molar-refractivity contribution is 7.34. The minimum Gasteiger partial charge on any atom is -0.575 e. The van der Waals surface area contributed by atoms with Gasteiger partial charge in [-0.2, -0.15) is 4.98 Å². The number of azide groups is 1. The number of carboxylic acids is 1. The summed E-state index contributed by atoms with van der Waals surface area (Å²) >= 11 is 0. The van der Waals surface area contributed by atoms with Gasteiger partial charge in [0.05, 0.1) is 0 Å². The number of carbonyl (C=O) groups excluding carboxylic acids is 1. The first-order valence-corrected chi connectivity index (χ1v) is 13.8. The third-order valence-corrected chi connectivity index (χ3v) is 7.17. The van der Waals surface area contributed by atoms with Crippen molar-refractivity contribution in [2.75, 3.05) is 12.3 Å². The number of benzene rings is 2. The smallest absolute Gasteiger partial charge is 0.395 e. The van der Waals surface area contributed by atoms with Crippen LogP contribution in [0.3, 0.4) is 0 Å². The number of nitrogen functional groups attached to an aromatic ring is 1. The van der Waals surface area contributed by atoms with Crippen molar-refractivity contribution in [3.8, 4) is 11.5 Å². The first-order chi connectivity index (χ1) is 20.5. The molecular formula is C25H25FN7O9P. The largest absolute Gasteiger partial charge is 0.575 e. The van der Waals surface area contributed by atoms with Crippen molar-refractivity contribution in [1.82, 2.24) is 9.55 Å². The number of hydrogen-bond donors (Lipinski definition) is 2. The lowest BCUT2D eigenvalue weighted by Gasteiger charge is -2.26. The number of ether oxygens (including phenoxy) is 3. The lowest BCUT2D eigenvalue weighted by atomic mass is 10.1. The summed E-state index contributed by atoms with van der Waals surface area (Å²) in [5, 5.41) is 13.6. The molecule has 3 N–H and O–H groups in total. The second kappa shape index (κ2) is 13.0. The van der Waals surface area contributed by atoms with Gasteiger partial charge in [-0.3, -0.25) is 13.9 Å². The zero-order valence-corrected chi connectivity index (χ0v) is 23.5. The summed E-state index contributed by atoms with van der Waals surface area (Å²) in [5.41, 5.74) is 11.4. The molecule has 0 bridgehead atoms. The van der Waals surface area contributed by atoms with E-state index in [1.165, 1.54) is 26.0 Å². The molecule has 1 fully saturated rings. The maximum atomic E-state index is 16.2. The highest BCUT2D eigenvalue weighted by Gasteiger charge is 2.59. The molecule has 0 radical (unpaired) electrons. The van der Waals surface area contributed by atoms with Crippen molar-refractivity contribution in [3.05, 3.63) is 69.6 Å². The number of halogens is 1. The minimum absolute atomic E-state index is 0.125. The number of carbonyl (C=O) groups is 2. The molecule has 1 aliphatic rings. The van der Waals surface area contributed by atoms with Crippen molar-refractivity contribution >= 4 is 36.7 Å². The maximum absolute atomic E-state index is 16.2.